The van der Waals surface area contributed by atoms with Gasteiger partial charge in [-0.3, -0.25) is 0 Å². The van der Waals surface area contributed by atoms with Gasteiger partial charge in [-0.2, -0.15) is 25.8 Å². The molecular formula is C3H6F3NS. The SMILES string of the molecule is NC(CS)C(F)(F)F. The average Bonchev–Trinajstić information content (AvgIpc) is 1.62. The second kappa shape index (κ2) is 2.59. The predicted molar refractivity (Wildman–Crippen MR) is 27.9 cm³/mol. The van der Waals surface area contributed by atoms with Gasteiger partial charge in [-0.15, -0.1) is 0 Å². The van der Waals surface area contributed by atoms with Crippen LogP contribution in [0.1, 0.15) is 0 Å². The standard InChI is InChI=1S/C3H6F3NS/c4-3(5,6)2(7)1-8/h2,8H,1,7H2. The molecule has 0 aliphatic heterocycles. The van der Waals surface area contributed by atoms with Crippen LogP contribution in [0, 0.1) is 0 Å². The highest BCUT2D eigenvalue weighted by molar-refractivity contribution is 7.80. The molecule has 0 rings (SSSR count). The van der Waals surface area contributed by atoms with Crippen molar-refractivity contribution in [3.63, 3.8) is 0 Å². The van der Waals surface area contributed by atoms with E-state index in [0.29, 0.717) is 0 Å². The van der Waals surface area contributed by atoms with Crippen molar-refractivity contribution in [1.82, 2.24) is 0 Å². The van der Waals surface area contributed by atoms with Gasteiger partial charge < -0.3 is 5.73 Å². The number of nitrogens with two attached hydrogens (primary N) is 1. The van der Waals surface area contributed by atoms with Crippen LogP contribution >= 0.6 is 12.6 Å². The zero-order valence-corrected chi connectivity index (χ0v) is 4.84. The first kappa shape index (κ1) is 8.10. The lowest BCUT2D eigenvalue weighted by Crippen LogP contribution is -2.38. The molecule has 50 valence electrons. The molecule has 1 unspecified atom stereocenters. The zero-order valence-electron chi connectivity index (χ0n) is 3.94. The van der Waals surface area contributed by atoms with Crippen LogP contribution < -0.4 is 5.73 Å². The molecule has 8 heavy (non-hydrogen) atoms. The number of alkyl halides is 3. The molecule has 0 aliphatic carbocycles. The van der Waals surface area contributed by atoms with Gasteiger partial charge in [-0.05, 0) is 0 Å². The zero-order chi connectivity index (χ0) is 6.78. The van der Waals surface area contributed by atoms with E-state index in [1.807, 2.05) is 0 Å². The largest absolute Gasteiger partial charge is 0.404 e. The van der Waals surface area contributed by atoms with Crippen molar-refractivity contribution < 1.29 is 13.2 Å². The van der Waals surface area contributed by atoms with Crippen LogP contribution in [-0.2, 0) is 0 Å². The van der Waals surface area contributed by atoms with Crippen LogP contribution in [0.4, 0.5) is 13.2 Å². The van der Waals surface area contributed by atoms with E-state index in [-0.39, 0.29) is 5.75 Å². The van der Waals surface area contributed by atoms with Crippen molar-refractivity contribution in [3.05, 3.63) is 0 Å². The minimum atomic E-state index is -4.29. The first-order valence-corrected chi connectivity index (χ1v) is 2.55. The maximum absolute atomic E-state index is 11.3. The molecule has 0 saturated heterocycles. The first-order chi connectivity index (χ1) is 3.48. The highest BCUT2D eigenvalue weighted by Crippen LogP contribution is 2.18. The molecule has 5 heteroatoms. The summed E-state index contributed by atoms with van der Waals surface area (Å²) in [7, 11) is 0. The third-order valence-corrected chi connectivity index (χ3v) is 1.01. The fourth-order valence-electron chi connectivity index (χ4n) is 0.104. The summed E-state index contributed by atoms with van der Waals surface area (Å²) >= 11 is 3.36. The van der Waals surface area contributed by atoms with E-state index < -0.39 is 12.2 Å². The number of hydrogen-bond donors (Lipinski definition) is 2. The van der Waals surface area contributed by atoms with E-state index in [0.717, 1.165) is 0 Å². The Balaban J connectivity index is 3.62. The Morgan fingerprint density at radius 3 is 1.88 bits per heavy atom. The highest BCUT2D eigenvalue weighted by Gasteiger charge is 2.35. The van der Waals surface area contributed by atoms with Crippen LogP contribution in [-0.4, -0.2) is 18.0 Å². The molecule has 0 aromatic heterocycles. The van der Waals surface area contributed by atoms with Crippen molar-refractivity contribution in [2.45, 2.75) is 12.2 Å². The minimum Gasteiger partial charge on any atom is -0.320 e. The van der Waals surface area contributed by atoms with Crippen LogP contribution in [0.5, 0.6) is 0 Å². The summed E-state index contributed by atoms with van der Waals surface area (Å²) in [5.74, 6) is -0.358. The Morgan fingerprint density at radius 2 is 1.88 bits per heavy atom. The summed E-state index contributed by atoms with van der Waals surface area (Å²) in [5, 5.41) is 0. The fourth-order valence-corrected chi connectivity index (χ4v) is 0.311. The quantitative estimate of drug-likeness (QED) is 0.524. The molecule has 0 spiro atoms. The lowest BCUT2D eigenvalue weighted by molar-refractivity contribution is -0.142. The second-order valence-electron chi connectivity index (χ2n) is 1.33. The molecule has 0 aliphatic rings. The molecule has 0 fully saturated rings. The Labute approximate surface area is 50.5 Å². The van der Waals surface area contributed by atoms with E-state index in [1.165, 1.54) is 0 Å². The molecular weight excluding hydrogens is 139 g/mol. The summed E-state index contributed by atoms with van der Waals surface area (Å²) in [4.78, 5) is 0. The molecule has 0 aromatic carbocycles. The van der Waals surface area contributed by atoms with Gasteiger partial charge in [0, 0.05) is 5.75 Å². The third kappa shape index (κ3) is 2.42. The van der Waals surface area contributed by atoms with Gasteiger partial charge >= 0.3 is 6.18 Å². The molecule has 0 heterocycles. The maximum Gasteiger partial charge on any atom is 0.404 e. The van der Waals surface area contributed by atoms with Gasteiger partial charge in [0.1, 0.15) is 6.04 Å². The number of hydrogen-bond acceptors (Lipinski definition) is 2. The molecule has 0 saturated carbocycles. The Bertz CT molecular complexity index is 71.4. The van der Waals surface area contributed by atoms with E-state index in [1.54, 1.807) is 0 Å². The van der Waals surface area contributed by atoms with E-state index in [2.05, 4.69) is 18.4 Å². The smallest absolute Gasteiger partial charge is 0.320 e. The normalized spacial score (nSPS) is 16.1. The molecule has 1 atom stereocenters. The summed E-state index contributed by atoms with van der Waals surface area (Å²) in [6, 6.07) is -1.79. The molecule has 0 bridgehead atoms. The first-order valence-electron chi connectivity index (χ1n) is 1.91. The third-order valence-electron chi connectivity index (χ3n) is 0.617. The Hall–Kier alpha value is 0.100. The van der Waals surface area contributed by atoms with Gasteiger partial charge in [0.05, 0.1) is 0 Å². The van der Waals surface area contributed by atoms with Crippen molar-refractivity contribution in [3.8, 4) is 0 Å². The predicted octanol–water partition coefficient (Wildman–Crippen LogP) is 0.806. The van der Waals surface area contributed by atoms with Crippen LogP contribution in [0.2, 0.25) is 0 Å². The van der Waals surface area contributed by atoms with Gasteiger partial charge in [-0.25, -0.2) is 0 Å². The molecule has 0 amide bonds. The molecule has 2 N–H and O–H groups in total. The van der Waals surface area contributed by atoms with Gasteiger partial charge in [0.2, 0.25) is 0 Å². The van der Waals surface area contributed by atoms with Crippen molar-refractivity contribution in [2.75, 3.05) is 5.75 Å². The topological polar surface area (TPSA) is 26.0 Å². The highest BCUT2D eigenvalue weighted by atomic mass is 32.1. The molecule has 0 aromatic rings. The summed E-state index contributed by atoms with van der Waals surface area (Å²) in [5.41, 5.74) is 4.55. The lowest BCUT2D eigenvalue weighted by atomic mass is 10.4. The van der Waals surface area contributed by atoms with Gasteiger partial charge in [-0.1, -0.05) is 0 Å². The molecule has 0 radical (unpaired) electrons. The number of thiol groups is 1. The number of rotatable bonds is 1. The van der Waals surface area contributed by atoms with Crippen molar-refractivity contribution in [1.29, 1.82) is 0 Å². The lowest BCUT2D eigenvalue weighted by Gasteiger charge is -2.11. The summed E-state index contributed by atoms with van der Waals surface area (Å²) < 4.78 is 33.8. The second-order valence-corrected chi connectivity index (χ2v) is 1.70. The minimum absolute atomic E-state index is 0.358. The van der Waals surface area contributed by atoms with Crippen molar-refractivity contribution in [2.24, 2.45) is 5.73 Å². The van der Waals surface area contributed by atoms with E-state index in [9.17, 15) is 13.2 Å². The fraction of sp³-hybridized carbons (Fsp3) is 1.00. The molecule has 1 nitrogen and oxygen atoms in total. The summed E-state index contributed by atoms with van der Waals surface area (Å²) in [6.07, 6.45) is -4.29. The van der Waals surface area contributed by atoms with Crippen LogP contribution in [0.15, 0.2) is 0 Å². The maximum atomic E-state index is 11.3. The van der Waals surface area contributed by atoms with E-state index in [4.69, 9.17) is 0 Å². The van der Waals surface area contributed by atoms with Crippen molar-refractivity contribution >= 4 is 12.6 Å². The summed E-state index contributed by atoms with van der Waals surface area (Å²) in [6.45, 7) is 0. The Morgan fingerprint density at radius 1 is 1.50 bits per heavy atom. The van der Waals surface area contributed by atoms with Crippen LogP contribution in [0.25, 0.3) is 0 Å². The van der Waals surface area contributed by atoms with Gasteiger partial charge in [0.15, 0.2) is 0 Å². The number of halogens is 3. The Kier molecular flexibility index (Phi) is 2.62. The van der Waals surface area contributed by atoms with Crippen LogP contribution in [0.3, 0.4) is 0 Å². The average molecular weight is 145 g/mol. The monoisotopic (exact) mass is 145 g/mol. The van der Waals surface area contributed by atoms with E-state index >= 15 is 0 Å². The van der Waals surface area contributed by atoms with Gasteiger partial charge in [0.25, 0.3) is 0 Å².